The van der Waals surface area contributed by atoms with Gasteiger partial charge in [-0.3, -0.25) is 14.8 Å². The minimum absolute atomic E-state index is 0.108. The van der Waals surface area contributed by atoms with E-state index in [1.54, 1.807) is 31.7 Å². The Labute approximate surface area is 264 Å². The van der Waals surface area contributed by atoms with Crippen molar-refractivity contribution in [3.8, 4) is 0 Å². The van der Waals surface area contributed by atoms with Crippen LogP contribution in [0, 0.1) is 31.5 Å². The summed E-state index contributed by atoms with van der Waals surface area (Å²) in [5, 5.41) is 5.80. The second-order valence-electron chi connectivity index (χ2n) is 11.8. The number of amides is 1. The maximum Gasteiger partial charge on any atom is 0.267 e. The Hall–Kier alpha value is -3.16. The molecular weight excluding hydrogens is 561 g/mol. The van der Waals surface area contributed by atoms with Gasteiger partial charge in [-0.1, -0.05) is 61.0 Å². The van der Waals surface area contributed by atoms with Gasteiger partial charge in [-0.25, -0.2) is 13.2 Å². The van der Waals surface area contributed by atoms with Crippen molar-refractivity contribution in [3.05, 3.63) is 64.7 Å². The highest BCUT2D eigenvalue weighted by Crippen LogP contribution is 2.30. The second-order valence-corrected chi connectivity index (χ2v) is 11.8. The lowest BCUT2D eigenvalue weighted by Gasteiger charge is -2.28. The molecule has 246 valence electrons. The topological polar surface area (TPSA) is 66.4 Å². The molecule has 2 atom stereocenters. The fourth-order valence-corrected chi connectivity index (χ4v) is 4.38. The van der Waals surface area contributed by atoms with E-state index in [9.17, 15) is 18.0 Å². The number of nitrogens with zero attached hydrogens (tertiary/aromatic N) is 2. The Balaban J connectivity index is 0.000000424. The third-order valence-electron chi connectivity index (χ3n) is 7.39. The number of alkyl halides is 2. The van der Waals surface area contributed by atoms with Gasteiger partial charge >= 0.3 is 0 Å². The standard InChI is InChI=1S/C19H25FN2O.C15H24F2N2.C2H6/c1-5-12(2)8-14(11-21-4)16-10-17(18(20)9-13(16)3)19(23)22-15-6-7-15;1-5-15(16,17)14(7-6-11(2)3)19-13-8-12(4)9-18-10-13;1-2/h8-12,15H,5-7H2,1-4H3,(H,22,23);8-11,14,19H,5-7H2,1-4H3;1-2H3/b14-8+,21-11?;;/t;14-;/m.1./s1. The van der Waals surface area contributed by atoms with Gasteiger partial charge in [0.1, 0.15) is 5.82 Å². The summed E-state index contributed by atoms with van der Waals surface area (Å²) in [6.45, 7) is 17.6. The molecule has 1 heterocycles. The summed E-state index contributed by atoms with van der Waals surface area (Å²) < 4.78 is 42.2. The Kier molecular flexibility index (Phi) is 17.0. The number of carbonyl (C=O) groups is 1. The number of anilines is 1. The lowest BCUT2D eigenvalue weighted by molar-refractivity contribution is -0.0254. The number of aromatic nitrogens is 1. The fraction of sp³-hybridized carbons (Fsp3) is 0.583. The van der Waals surface area contributed by atoms with Gasteiger partial charge in [0.2, 0.25) is 0 Å². The van der Waals surface area contributed by atoms with Crippen molar-refractivity contribution in [3.63, 3.8) is 0 Å². The van der Waals surface area contributed by atoms with E-state index < -0.39 is 17.8 Å². The number of halogens is 3. The SMILES string of the molecule is CC.CCC(C)/C=C(\C=NC)c1cc(C(=O)NC2CC2)c(F)cc1C.CCC(F)(F)[C@@H](CCC(C)C)Nc1cncc(C)c1. The molecule has 1 aromatic heterocycles. The van der Waals surface area contributed by atoms with Crippen LogP contribution in [0.15, 0.2) is 41.7 Å². The Morgan fingerprint density at radius 1 is 1.07 bits per heavy atom. The van der Waals surface area contributed by atoms with Crippen molar-refractivity contribution in [2.75, 3.05) is 12.4 Å². The molecule has 1 saturated carbocycles. The summed E-state index contributed by atoms with van der Waals surface area (Å²) in [5.74, 6) is -2.69. The second kappa shape index (κ2) is 19.3. The molecule has 2 N–H and O–H groups in total. The Bertz CT molecular complexity index is 1220. The highest BCUT2D eigenvalue weighted by atomic mass is 19.3. The van der Waals surface area contributed by atoms with Crippen molar-refractivity contribution in [2.24, 2.45) is 16.8 Å². The number of aryl methyl sites for hydroxylation is 2. The molecule has 1 aliphatic rings. The predicted octanol–water partition coefficient (Wildman–Crippen LogP) is 9.83. The molecule has 2 aromatic rings. The van der Waals surface area contributed by atoms with Gasteiger partial charge in [0, 0.05) is 38.1 Å². The van der Waals surface area contributed by atoms with Crippen molar-refractivity contribution in [1.82, 2.24) is 10.3 Å². The lowest BCUT2D eigenvalue weighted by Crippen LogP contribution is -2.39. The zero-order valence-electron chi connectivity index (χ0n) is 28.5. The van der Waals surface area contributed by atoms with Crippen LogP contribution in [0.4, 0.5) is 18.9 Å². The molecule has 44 heavy (non-hydrogen) atoms. The van der Waals surface area contributed by atoms with Crippen LogP contribution in [0.3, 0.4) is 0 Å². The minimum atomic E-state index is -2.70. The maximum absolute atomic E-state index is 14.2. The molecule has 1 unspecified atom stereocenters. The van der Waals surface area contributed by atoms with Crippen LogP contribution in [0.1, 0.15) is 114 Å². The molecule has 0 spiro atoms. The number of aliphatic imine (C=N–C) groups is 1. The summed E-state index contributed by atoms with van der Waals surface area (Å²) in [6.07, 6.45) is 11.3. The smallest absolute Gasteiger partial charge is 0.267 e. The highest BCUT2D eigenvalue weighted by Gasteiger charge is 2.37. The molecule has 0 saturated heterocycles. The number of rotatable bonds is 13. The number of hydrogen-bond donors (Lipinski definition) is 2. The van der Waals surface area contributed by atoms with Crippen LogP contribution in [0.5, 0.6) is 0 Å². The maximum atomic E-state index is 14.2. The number of benzene rings is 1. The summed E-state index contributed by atoms with van der Waals surface area (Å²) in [5.41, 5.74) is 4.34. The van der Waals surface area contributed by atoms with Crippen molar-refractivity contribution >= 4 is 23.4 Å². The quantitative estimate of drug-likeness (QED) is 0.220. The van der Waals surface area contributed by atoms with E-state index in [1.165, 1.54) is 13.0 Å². The zero-order valence-corrected chi connectivity index (χ0v) is 28.5. The zero-order chi connectivity index (χ0) is 33.4. The molecule has 1 fully saturated rings. The van der Waals surface area contributed by atoms with E-state index in [4.69, 9.17) is 0 Å². The molecule has 8 heteroatoms. The van der Waals surface area contributed by atoms with E-state index in [2.05, 4.69) is 54.4 Å². The summed E-state index contributed by atoms with van der Waals surface area (Å²) in [6, 6.07) is 4.31. The Morgan fingerprint density at radius 2 is 1.73 bits per heavy atom. The third-order valence-corrected chi connectivity index (χ3v) is 7.39. The average molecular weight is 617 g/mol. The van der Waals surface area contributed by atoms with E-state index in [1.807, 2.05) is 33.8 Å². The van der Waals surface area contributed by atoms with Gasteiger partial charge in [0.25, 0.3) is 11.8 Å². The van der Waals surface area contributed by atoms with Crippen LogP contribution in [-0.4, -0.2) is 42.2 Å². The molecule has 0 bridgehead atoms. The van der Waals surface area contributed by atoms with E-state index in [0.717, 1.165) is 47.9 Å². The van der Waals surface area contributed by atoms with Gasteiger partial charge in [-0.15, -0.1) is 0 Å². The number of nitrogens with one attached hydrogen (secondary N) is 2. The van der Waals surface area contributed by atoms with E-state index in [-0.39, 0.29) is 23.9 Å². The van der Waals surface area contributed by atoms with Crippen LogP contribution >= 0.6 is 0 Å². The predicted molar refractivity (Wildman–Crippen MR) is 181 cm³/mol. The summed E-state index contributed by atoms with van der Waals surface area (Å²) in [4.78, 5) is 20.4. The number of pyridine rings is 1. The van der Waals surface area contributed by atoms with Crippen LogP contribution < -0.4 is 10.6 Å². The molecule has 3 rings (SSSR count). The summed E-state index contributed by atoms with van der Waals surface area (Å²) >= 11 is 0. The van der Waals surface area contributed by atoms with Gasteiger partial charge in [-0.05, 0) is 91.8 Å². The first-order chi connectivity index (χ1) is 20.8. The molecule has 1 amide bonds. The van der Waals surface area contributed by atoms with Crippen molar-refractivity contribution < 1.29 is 18.0 Å². The van der Waals surface area contributed by atoms with Gasteiger partial charge in [-0.2, -0.15) is 0 Å². The molecule has 0 radical (unpaired) electrons. The third kappa shape index (κ3) is 13.2. The number of hydrogen-bond acceptors (Lipinski definition) is 4. The van der Waals surface area contributed by atoms with Crippen LogP contribution in [-0.2, 0) is 0 Å². The molecular formula is C36H55F3N4O. The normalized spacial score (nSPS) is 14.7. The number of allylic oxidation sites excluding steroid dienone is 2. The van der Waals surface area contributed by atoms with E-state index >= 15 is 0 Å². The lowest BCUT2D eigenvalue weighted by atomic mass is 9.94. The van der Waals surface area contributed by atoms with Crippen LogP contribution in [0.25, 0.3) is 5.57 Å². The van der Waals surface area contributed by atoms with Gasteiger partial charge in [0.15, 0.2) is 0 Å². The van der Waals surface area contributed by atoms with E-state index in [0.29, 0.717) is 23.9 Å². The van der Waals surface area contributed by atoms with Crippen molar-refractivity contribution in [1.29, 1.82) is 0 Å². The van der Waals surface area contributed by atoms with Gasteiger partial charge < -0.3 is 10.6 Å². The monoisotopic (exact) mass is 616 g/mol. The van der Waals surface area contributed by atoms with Crippen LogP contribution in [0.2, 0.25) is 0 Å². The molecule has 0 aliphatic heterocycles. The first-order valence-corrected chi connectivity index (χ1v) is 16.1. The van der Waals surface area contributed by atoms with Gasteiger partial charge in [0.05, 0.1) is 17.3 Å². The number of carbonyl (C=O) groups excluding carboxylic acids is 1. The first-order valence-electron chi connectivity index (χ1n) is 16.1. The molecule has 1 aromatic carbocycles. The highest BCUT2D eigenvalue weighted by molar-refractivity contribution is 6.11. The Morgan fingerprint density at radius 3 is 2.25 bits per heavy atom. The molecule has 1 aliphatic carbocycles. The first kappa shape index (κ1) is 38.9. The minimum Gasteiger partial charge on any atom is -0.375 e. The van der Waals surface area contributed by atoms with Crippen molar-refractivity contribution in [2.45, 2.75) is 119 Å². The molecule has 5 nitrogen and oxygen atoms in total. The fourth-order valence-electron chi connectivity index (χ4n) is 4.38. The summed E-state index contributed by atoms with van der Waals surface area (Å²) in [7, 11) is 1.71. The largest absolute Gasteiger partial charge is 0.375 e. The average Bonchev–Trinajstić information content (AvgIpc) is 3.80.